The molecule has 0 saturated heterocycles. The fraction of sp³-hybridized carbons (Fsp3) is 0.625. The van der Waals surface area contributed by atoms with Gasteiger partial charge in [0.2, 0.25) is 0 Å². The van der Waals surface area contributed by atoms with Crippen molar-refractivity contribution in [2.45, 2.75) is 64.1 Å². The highest BCUT2D eigenvalue weighted by molar-refractivity contribution is 6.75. The Hall–Kier alpha value is -0.743. The quantitative estimate of drug-likeness (QED) is 0.552. The molecule has 0 fully saturated rings. The van der Waals surface area contributed by atoms with Crippen LogP contribution in [0.1, 0.15) is 46.1 Å². The van der Waals surface area contributed by atoms with Crippen molar-refractivity contribution in [1.29, 1.82) is 0 Å². The van der Waals surface area contributed by atoms with Crippen LogP contribution in [0.5, 0.6) is 0 Å². The lowest BCUT2D eigenvalue weighted by Gasteiger charge is -2.33. The highest BCUT2D eigenvalue weighted by atomic mass is 28.4. The van der Waals surface area contributed by atoms with Crippen molar-refractivity contribution in [3.05, 3.63) is 35.4 Å². The maximum Gasteiger partial charge on any atom is 0.193 e. The van der Waals surface area contributed by atoms with Gasteiger partial charge in [0.25, 0.3) is 0 Å². The van der Waals surface area contributed by atoms with Gasteiger partial charge in [-0.1, -0.05) is 40.2 Å². The third kappa shape index (κ3) is 4.38. The van der Waals surface area contributed by atoms with Crippen LogP contribution < -0.4 is 0 Å². The first-order chi connectivity index (χ1) is 9.27. The van der Waals surface area contributed by atoms with Crippen molar-refractivity contribution in [3.8, 4) is 0 Å². The Morgan fingerprint density at radius 3 is 2.15 bits per heavy atom. The van der Waals surface area contributed by atoms with Gasteiger partial charge in [0.05, 0.1) is 0 Å². The summed E-state index contributed by atoms with van der Waals surface area (Å²) in [6.45, 7) is 8.36. The zero-order valence-electron chi connectivity index (χ0n) is 12.9. The van der Waals surface area contributed by atoms with Gasteiger partial charge in [-0.3, -0.25) is 0 Å². The third-order valence-electron chi connectivity index (χ3n) is 4.29. The van der Waals surface area contributed by atoms with Gasteiger partial charge in [-0.05, 0) is 41.6 Å². The van der Waals surface area contributed by atoms with Crippen LogP contribution in [0.3, 0.4) is 0 Å². The lowest BCUT2D eigenvalue weighted by Crippen LogP contribution is -2.41. The molecule has 0 bridgehead atoms. The van der Waals surface area contributed by atoms with E-state index in [9.17, 15) is 13.6 Å². The molecule has 0 radical (unpaired) electrons. The number of rotatable bonds is 7. The van der Waals surface area contributed by atoms with Crippen LogP contribution in [-0.2, 0) is 6.42 Å². The van der Waals surface area contributed by atoms with Crippen molar-refractivity contribution in [1.82, 2.24) is 0 Å². The molecule has 0 heterocycles. The van der Waals surface area contributed by atoms with E-state index in [0.29, 0.717) is 23.1 Å². The summed E-state index contributed by atoms with van der Waals surface area (Å²) in [7, 11) is -2.22. The molecule has 0 aliphatic heterocycles. The van der Waals surface area contributed by atoms with Crippen LogP contribution in [0.25, 0.3) is 0 Å². The minimum absolute atomic E-state index is 0.338. The SMILES string of the molecule is CC(C)[Si](O)(CCCCc1ccc(F)cc1F)C(C)C. The van der Waals surface area contributed by atoms with Gasteiger partial charge < -0.3 is 4.80 Å². The van der Waals surface area contributed by atoms with Crippen LogP contribution in [0.15, 0.2) is 18.2 Å². The van der Waals surface area contributed by atoms with Gasteiger partial charge in [-0.25, -0.2) is 8.78 Å². The van der Waals surface area contributed by atoms with E-state index in [4.69, 9.17) is 0 Å². The molecule has 1 rings (SSSR count). The Labute approximate surface area is 122 Å². The minimum Gasteiger partial charge on any atom is -0.431 e. The van der Waals surface area contributed by atoms with E-state index in [1.54, 1.807) is 0 Å². The monoisotopic (exact) mass is 300 g/mol. The molecule has 0 aromatic heterocycles. The fourth-order valence-electron chi connectivity index (χ4n) is 2.69. The Kier molecular flexibility index (Phi) is 6.33. The summed E-state index contributed by atoms with van der Waals surface area (Å²) in [5, 5.41) is 0. The van der Waals surface area contributed by atoms with Crippen molar-refractivity contribution in [2.75, 3.05) is 0 Å². The van der Waals surface area contributed by atoms with Gasteiger partial charge >= 0.3 is 0 Å². The lowest BCUT2D eigenvalue weighted by molar-refractivity contribution is 0.483. The Bertz CT molecular complexity index is 424. The minimum atomic E-state index is -2.22. The molecule has 0 aliphatic carbocycles. The number of hydrogen-bond acceptors (Lipinski definition) is 1. The topological polar surface area (TPSA) is 20.2 Å². The van der Waals surface area contributed by atoms with Gasteiger partial charge in [-0.2, -0.15) is 0 Å². The van der Waals surface area contributed by atoms with Crippen molar-refractivity contribution < 1.29 is 13.6 Å². The summed E-state index contributed by atoms with van der Waals surface area (Å²) in [6, 6.07) is 4.60. The molecule has 114 valence electrons. The predicted molar refractivity (Wildman–Crippen MR) is 82.3 cm³/mol. The molecule has 20 heavy (non-hydrogen) atoms. The van der Waals surface area contributed by atoms with Crippen LogP contribution in [0.2, 0.25) is 17.1 Å². The molecule has 4 heteroatoms. The number of benzene rings is 1. The number of hydrogen-bond donors (Lipinski definition) is 1. The first-order valence-electron chi connectivity index (χ1n) is 7.43. The maximum atomic E-state index is 13.5. The molecular formula is C16H26F2OSi. The van der Waals surface area contributed by atoms with Crippen molar-refractivity contribution >= 4 is 8.32 Å². The average Bonchev–Trinajstić information content (AvgIpc) is 2.35. The van der Waals surface area contributed by atoms with E-state index >= 15 is 0 Å². The number of unbranched alkanes of at least 4 members (excludes halogenated alkanes) is 1. The summed E-state index contributed by atoms with van der Waals surface area (Å²) >= 11 is 0. The van der Waals surface area contributed by atoms with Crippen molar-refractivity contribution in [3.63, 3.8) is 0 Å². The Balaban J connectivity index is 2.48. The molecule has 0 spiro atoms. The normalized spacial score (nSPS) is 12.4. The van der Waals surface area contributed by atoms with Crippen LogP contribution in [0.4, 0.5) is 8.78 Å². The van der Waals surface area contributed by atoms with Crippen molar-refractivity contribution in [2.24, 2.45) is 0 Å². The van der Waals surface area contributed by atoms with Gasteiger partial charge in [0.15, 0.2) is 8.32 Å². The predicted octanol–water partition coefficient (Wildman–Crippen LogP) is 5.05. The Morgan fingerprint density at radius 1 is 1.05 bits per heavy atom. The van der Waals surface area contributed by atoms with E-state index in [0.717, 1.165) is 25.0 Å². The van der Waals surface area contributed by atoms with Crippen LogP contribution in [-0.4, -0.2) is 13.1 Å². The lowest BCUT2D eigenvalue weighted by atomic mass is 10.1. The molecule has 0 aliphatic rings. The molecule has 0 saturated carbocycles. The first-order valence-corrected chi connectivity index (χ1v) is 9.74. The summed E-state index contributed by atoms with van der Waals surface area (Å²) in [5.41, 5.74) is 1.24. The molecule has 0 amide bonds. The second kappa shape index (κ2) is 7.32. The maximum absolute atomic E-state index is 13.5. The van der Waals surface area contributed by atoms with Gasteiger partial charge in [0.1, 0.15) is 11.6 Å². The van der Waals surface area contributed by atoms with Crippen LogP contribution >= 0.6 is 0 Å². The smallest absolute Gasteiger partial charge is 0.193 e. The average molecular weight is 300 g/mol. The first kappa shape index (κ1) is 17.3. The zero-order valence-corrected chi connectivity index (χ0v) is 13.9. The Morgan fingerprint density at radius 2 is 1.65 bits per heavy atom. The standard InChI is InChI=1S/C16H26F2OSi/c1-12(2)20(19,13(3)4)10-6-5-7-14-8-9-15(17)11-16(14)18/h8-9,11-13,19H,5-7,10H2,1-4H3. The molecule has 1 aromatic carbocycles. The van der Waals surface area contributed by atoms with Crippen LogP contribution in [0, 0.1) is 11.6 Å². The van der Waals surface area contributed by atoms with E-state index in [1.165, 1.54) is 12.1 Å². The largest absolute Gasteiger partial charge is 0.431 e. The fourth-order valence-corrected chi connectivity index (χ4v) is 6.00. The highest BCUT2D eigenvalue weighted by Gasteiger charge is 2.37. The zero-order chi connectivity index (χ0) is 15.3. The van der Waals surface area contributed by atoms with E-state index in [1.807, 2.05) is 0 Å². The molecule has 0 atom stereocenters. The highest BCUT2D eigenvalue weighted by Crippen LogP contribution is 2.34. The summed E-state index contributed by atoms with van der Waals surface area (Å²) in [5.74, 6) is -1.00. The molecular weight excluding hydrogens is 274 g/mol. The van der Waals surface area contributed by atoms with Gasteiger partial charge in [-0.15, -0.1) is 0 Å². The second-order valence-corrected chi connectivity index (χ2v) is 11.0. The van der Waals surface area contributed by atoms with E-state index in [2.05, 4.69) is 27.7 Å². The molecule has 1 N–H and O–H groups in total. The summed E-state index contributed by atoms with van der Waals surface area (Å²) in [6.07, 6.45) is 2.33. The molecule has 1 aromatic rings. The van der Waals surface area contributed by atoms with E-state index in [-0.39, 0.29) is 0 Å². The van der Waals surface area contributed by atoms with E-state index < -0.39 is 20.0 Å². The molecule has 1 nitrogen and oxygen atoms in total. The summed E-state index contributed by atoms with van der Waals surface area (Å²) in [4.78, 5) is 10.8. The second-order valence-electron chi connectivity index (χ2n) is 6.24. The summed E-state index contributed by atoms with van der Waals surface area (Å²) < 4.78 is 26.3. The molecule has 0 unspecified atom stereocenters. The third-order valence-corrected chi connectivity index (χ3v) is 9.44. The number of halogens is 2. The number of aryl methyl sites for hydroxylation is 1. The van der Waals surface area contributed by atoms with Gasteiger partial charge in [0, 0.05) is 6.07 Å².